The second kappa shape index (κ2) is 7.70. The zero-order chi connectivity index (χ0) is 18.7. The van der Waals surface area contributed by atoms with E-state index in [0.717, 1.165) is 10.6 Å². The van der Waals surface area contributed by atoms with Gasteiger partial charge in [0.2, 0.25) is 11.8 Å². The van der Waals surface area contributed by atoms with E-state index in [0.29, 0.717) is 23.7 Å². The standard InChI is InChI=1S/C19H21N3O3S/c1-25-14-5-8-16(20)17(10-14)21-19(24)12-9-18(23)22(11-12)13-3-6-15(26-2)7-4-13/h3-8,10,12H,9,11,20H2,1-2H3,(H,21,24). The predicted molar refractivity (Wildman–Crippen MR) is 105 cm³/mol. The minimum Gasteiger partial charge on any atom is -0.497 e. The lowest BCUT2D eigenvalue weighted by Crippen LogP contribution is -2.28. The fourth-order valence-corrected chi connectivity index (χ4v) is 3.31. The van der Waals surface area contributed by atoms with Gasteiger partial charge in [-0.15, -0.1) is 11.8 Å². The number of benzene rings is 2. The zero-order valence-corrected chi connectivity index (χ0v) is 15.5. The molecule has 2 aromatic rings. The number of nitrogens with two attached hydrogens (primary N) is 1. The van der Waals surface area contributed by atoms with Crippen LogP contribution in [-0.4, -0.2) is 31.7 Å². The largest absolute Gasteiger partial charge is 0.497 e. The summed E-state index contributed by atoms with van der Waals surface area (Å²) in [6.45, 7) is 0.354. The van der Waals surface area contributed by atoms with E-state index in [9.17, 15) is 9.59 Å². The molecule has 0 bridgehead atoms. The minimum atomic E-state index is -0.423. The van der Waals surface area contributed by atoms with Crippen LogP contribution in [0.3, 0.4) is 0 Å². The van der Waals surface area contributed by atoms with Gasteiger partial charge in [-0.2, -0.15) is 0 Å². The number of ether oxygens (including phenoxy) is 1. The first-order valence-electron chi connectivity index (χ1n) is 8.20. The highest BCUT2D eigenvalue weighted by atomic mass is 32.2. The van der Waals surface area contributed by atoms with Crippen LogP contribution < -0.4 is 20.7 Å². The molecule has 3 N–H and O–H groups in total. The number of hydrogen-bond acceptors (Lipinski definition) is 5. The number of nitrogen functional groups attached to an aromatic ring is 1. The first-order chi connectivity index (χ1) is 12.5. The van der Waals surface area contributed by atoms with Gasteiger partial charge in [0.25, 0.3) is 0 Å². The van der Waals surface area contributed by atoms with Crippen LogP contribution >= 0.6 is 11.8 Å². The summed E-state index contributed by atoms with van der Waals surface area (Å²) in [6, 6.07) is 12.8. The summed E-state index contributed by atoms with van der Waals surface area (Å²) in [5.41, 5.74) is 7.67. The van der Waals surface area contributed by atoms with E-state index in [2.05, 4.69) is 5.32 Å². The van der Waals surface area contributed by atoms with Crippen molar-refractivity contribution in [2.24, 2.45) is 5.92 Å². The molecule has 0 aromatic heterocycles. The molecule has 6 nitrogen and oxygen atoms in total. The van der Waals surface area contributed by atoms with Gasteiger partial charge in [0, 0.05) is 29.6 Å². The topological polar surface area (TPSA) is 84.7 Å². The van der Waals surface area contributed by atoms with Crippen molar-refractivity contribution in [2.75, 3.05) is 35.9 Å². The Balaban J connectivity index is 1.70. The smallest absolute Gasteiger partial charge is 0.229 e. The van der Waals surface area contributed by atoms with Crippen LogP contribution in [0.2, 0.25) is 0 Å². The van der Waals surface area contributed by atoms with Crippen LogP contribution in [0.15, 0.2) is 47.4 Å². The van der Waals surface area contributed by atoms with E-state index in [1.54, 1.807) is 42.0 Å². The van der Waals surface area contributed by atoms with Crippen molar-refractivity contribution in [1.29, 1.82) is 0 Å². The summed E-state index contributed by atoms with van der Waals surface area (Å²) >= 11 is 1.64. The number of carbonyl (C=O) groups is 2. The van der Waals surface area contributed by atoms with Crippen LogP contribution in [-0.2, 0) is 9.59 Å². The van der Waals surface area contributed by atoms with Gasteiger partial charge in [-0.25, -0.2) is 0 Å². The lowest BCUT2D eigenvalue weighted by Gasteiger charge is -2.17. The number of thioether (sulfide) groups is 1. The summed E-state index contributed by atoms with van der Waals surface area (Å²) < 4.78 is 5.16. The summed E-state index contributed by atoms with van der Waals surface area (Å²) in [4.78, 5) is 27.7. The summed E-state index contributed by atoms with van der Waals surface area (Å²) in [6.07, 6.45) is 2.18. The SMILES string of the molecule is COc1ccc(N)c(NC(=O)C2CC(=O)N(c3ccc(SC)cc3)C2)c1. The second-order valence-electron chi connectivity index (χ2n) is 6.05. The summed E-state index contributed by atoms with van der Waals surface area (Å²) in [5.74, 6) is -0.0944. The molecule has 26 heavy (non-hydrogen) atoms. The average Bonchev–Trinajstić information content (AvgIpc) is 3.05. The second-order valence-corrected chi connectivity index (χ2v) is 6.93. The van der Waals surface area contributed by atoms with Gasteiger partial charge in [-0.05, 0) is 42.7 Å². The highest BCUT2D eigenvalue weighted by Crippen LogP contribution is 2.29. The lowest BCUT2D eigenvalue weighted by molar-refractivity contribution is -0.122. The monoisotopic (exact) mass is 371 g/mol. The molecular formula is C19H21N3O3S. The van der Waals surface area contributed by atoms with Crippen molar-refractivity contribution in [3.8, 4) is 5.75 Å². The lowest BCUT2D eigenvalue weighted by atomic mass is 10.1. The number of carbonyl (C=O) groups excluding carboxylic acids is 2. The number of amides is 2. The molecule has 1 saturated heterocycles. The molecule has 1 fully saturated rings. The molecule has 0 aliphatic carbocycles. The maximum absolute atomic E-state index is 12.6. The number of rotatable bonds is 5. The Morgan fingerprint density at radius 2 is 2.00 bits per heavy atom. The van der Waals surface area contributed by atoms with E-state index in [4.69, 9.17) is 10.5 Å². The van der Waals surface area contributed by atoms with E-state index in [1.807, 2.05) is 30.5 Å². The van der Waals surface area contributed by atoms with Gasteiger partial charge in [0.05, 0.1) is 24.4 Å². The summed E-state index contributed by atoms with van der Waals surface area (Å²) in [5, 5.41) is 2.81. The quantitative estimate of drug-likeness (QED) is 0.623. The maximum Gasteiger partial charge on any atom is 0.229 e. The van der Waals surface area contributed by atoms with Crippen molar-refractivity contribution < 1.29 is 14.3 Å². The number of nitrogens with zero attached hydrogens (tertiary/aromatic N) is 1. The molecule has 0 radical (unpaired) electrons. The van der Waals surface area contributed by atoms with Gasteiger partial charge >= 0.3 is 0 Å². The Morgan fingerprint density at radius 3 is 2.65 bits per heavy atom. The number of anilines is 3. The van der Waals surface area contributed by atoms with Crippen LogP contribution in [0.25, 0.3) is 0 Å². The van der Waals surface area contributed by atoms with Crippen molar-refractivity contribution in [2.45, 2.75) is 11.3 Å². The molecule has 1 unspecified atom stereocenters. The Hall–Kier alpha value is -2.67. The molecule has 1 aliphatic heterocycles. The molecule has 3 rings (SSSR count). The van der Waals surface area contributed by atoms with Gasteiger partial charge in [-0.1, -0.05) is 0 Å². The van der Waals surface area contributed by atoms with Crippen LogP contribution in [0.4, 0.5) is 17.1 Å². The fraction of sp³-hybridized carbons (Fsp3) is 0.263. The average molecular weight is 371 g/mol. The molecule has 2 amide bonds. The Kier molecular flexibility index (Phi) is 5.37. The third kappa shape index (κ3) is 3.77. The van der Waals surface area contributed by atoms with Crippen LogP contribution in [0, 0.1) is 5.92 Å². The molecule has 0 saturated carbocycles. The Bertz CT molecular complexity index is 823. The minimum absolute atomic E-state index is 0.0549. The first-order valence-corrected chi connectivity index (χ1v) is 9.43. The predicted octanol–water partition coefficient (Wildman–Crippen LogP) is 2.99. The van der Waals surface area contributed by atoms with Crippen molar-refractivity contribution in [3.63, 3.8) is 0 Å². The van der Waals surface area contributed by atoms with E-state index < -0.39 is 5.92 Å². The molecule has 1 heterocycles. The molecular weight excluding hydrogens is 350 g/mol. The highest BCUT2D eigenvalue weighted by Gasteiger charge is 2.35. The van der Waals surface area contributed by atoms with Gasteiger partial charge in [-0.3, -0.25) is 9.59 Å². The van der Waals surface area contributed by atoms with E-state index in [1.165, 1.54) is 0 Å². The fourth-order valence-electron chi connectivity index (χ4n) is 2.90. The third-order valence-electron chi connectivity index (χ3n) is 4.40. The van der Waals surface area contributed by atoms with Crippen molar-refractivity contribution in [3.05, 3.63) is 42.5 Å². The number of methoxy groups -OCH3 is 1. The normalized spacial score (nSPS) is 16.6. The molecule has 1 atom stereocenters. The van der Waals surface area contributed by atoms with Gasteiger partial charge in [0.1, 0.15) is 5.75 Å². The van der Waals surface area contributed by atoms with E-state index >= 15 is 0 Å². The maximum atomic E-state index is 12.6. The van der Waals surface area contributed by atoms with Crippen LogP contribution in [0.1, 0.15) is 6.42 Å². The molecule has 2 aromatic carbocycles. The van der Waals surface area contributed by atoms with E-state index in [-0.39, 0.29) is 18.2 Å². The molecule has 7 heteroatoms. The molecule has 1 aliphatic rings. The third-order valence-corrected chi connectivity index (χ3v) is 5.14. The Morgan fingerprint density at radius 1 is 1.27 bits per heavy atom. The molecule has 136 valence electrons. The Labute approximate surface area is 156 Å². The van der Waals surface area contributed by atoms with Gasteiger partial charge < -0.3 is 20.7 Å². The van der Waals surface area contributed by atoms with Crippen molar-refractivity contribution in [1.82, 2.24) is 0 Å². The van der Waals surface area contributed by atoms with Crippen LogP contribution in [0.5, 0.6) is 5.75 Å². The first kappa shape index (κ1) is 18.1. The highest BCUT2D eigenvalue weighted by molar-refractivity contribution is 7.98. The summed E-state index contributed by atoms with van der Waals surface area (Å²) in [7, 11) is 1.55. The number of nitrogens with one attached hydrogen (secondary N) is 1. The zero-order valence-electron chi connectivity index (χ0n) is 14.7. The van der Waals surface area contributed by atoms with Gasteiger partial charge in [0.15, 0.2) is 0 Å². The molecule has 0 spiro atoms. The number of hydrogen-bond donors (Lipinski definition) is 2. The van der Waals surface area contributed by atoms with Crippen molar-refractivity contribution >= 4 is 40.6 Å².